The van der Waals surface area contributed by atoms with Gasteiger partial charge in [-0.1, -0.05) is 30.7 Å². The van der Waals surface area contributed by atoms with Crippen molar-refractivity contribution in [3.63, 3.8) is 0 Å². The number of ether oxygens (including phenoxy) is 1. The second kappa shape index (κ2) is 3.71. The third-order valence-electron chi connectivity index (χ3n) is 2.91. The minimum Gasteiger partial charge on any atom is -0.376 e. The van der Waals surface area contributed by atoms with Crippen LogP contribution in [0.15, 0.2) is 18.2 Å². The maximum absolute atomic E-state index is 6.18. The van der Waals surface area contributed by atoms with E-state index in [2.05, 4.69) is 32.0 Å². The van der Waals surface area contributed by atoms with Gasteiger partial charge in [0.2, 0.25) is 0 Å². The number of hydrogen-bond donors (Lipinski definition) is 1. The molecular weight excluding hydrogens is 174 g/mol. The summed E-state index contributed by atoms with van der Waals surface area (Å²) >= 11 is 0. The van der Waals surface area contributed by atoms with Crippen molar-refractivity contribution in [3.8, 4) is 0 Å². The summed E-state index contributed by atoms with van der Waals surface area (Å²) in [5.41, 5.74) is 9.95. The lowest BCUT2D eigenvalue weighted by atomic mass is 9.92. The van der Waals surface area contributed by atoms with Crippen molar-refractivity contribution in [3.05, 3.63) is 34.9 Å². The summed E-state index contributed by atoms with van der Waals surface area (Å²) in [6.07, 6.45) is 0. The molecule has 0 aromatic heterocycles. The van der Waals surface area contributed by atoms with E-state index in [1.54, 1.807) is 0 Å². The van der Waals surface area contributed by atoms with Crippen molar-refractivity contribution in [2.45, 2.75) is 26.5 Å². The van der Waals surface area contributed by atoms with Crippen LogP contribution in [0.3, 0.4) is 0 Å². The standard InChI is InChI=1S/C12H17NO/c1-8-3-4-10-7-14-6-9(2)12(13)11(10)5-8/h3-5,9,12H,6-7,13H2,1-2H3/t9-,12?/m1/s1. The fourth-order valence-corrected chi connectivity index (χ4v) is 1.92. The number of rotatable bonds is 0. The molecule has 14 heavy (non-hydrogen) atoms. The van der Waals surface area contributed by atoms with Crippen LogP contribution in [0.5, 0.6) is 0 Å². The number of nitrogens with two attached hydrogens (primary N) is 1. The lowest BCUT2D eigenvalue weighted by Gasteiger charge is -2.18. The summed E-state index contributed by atoms with van der Waals surface area (Å²) in [6, 6.07) is 6.55. The van der Waals surface area contributed by atoms with Gasteiger partial charge in [-0.2, -0.15) is 0 Å². The summed E-state index contributed by atoms with van der Waals surface area (Å²) in [7, 11) is 0. The van der Waals surface area contributed by atoms with Gasteiger partial charge in [0.05, 0.1) is 13.2 Å². The SMILES string of the molecule is Cc1ccc2c(c1)C(N)[C@H](C)COC2. The van der Waals surface area contributed by atoms with Crippen LogP contribution in [-0.2, 0) is 11.3 Å². The molecule has 0 spiro atoms. The zero-order valence-electron chi connectivity index (χ0n) is 8.79. The Morgan fingerprint density at radius 2 is 2.21 bits per heavy atom. The van der Waals surface area contributed by atoms with Crippen LogP contribution in [0, 0.1) is 12.8 Å². The van der Waals surface area contributed by atoms with Crippen LogP contribution >= 0.6 is 0 Å². The first-order chi connectivity index (χ1) is 6.68. The third-order valence-corrected chi connectivity index (χ3v) is 2.91. The van der Waals surface area contributed by atoms with Gasteiger partial charge >= 0.3 is 0 Å². The molecule has 0 bridgehead atoms. The maximum Gasteiger partial charge on any atom is 0.0720 e. The largest absolute Gasteiger partial charge is 0.376 e. The highest BCUT2D eigenvalue weighted by Crippen LogP contribution is 2.28. The van der Waals surface area contributed by atoms with Crippen molar-refractivity contribution in [1.29, 1.82) is 0 Å². The van der Waals surface area contributed by atoms with E-state index in [1.807, 2.05) is 0 Å². The van der Waals surface area contributed by atoms with E-state index < -0.39 is 0 Å². The summed E-state index contributed by atoms with van der Waals surface area (Å²) < 4.78 is 5.56. The summed E-state index contributed by atoms with van der Waals surface area (Å²) in [4.78, 5) is 0. The molecule has 0 saturated heterocycles. The summed E-state index contributed by atoms with van der Waals surface area (Å²) in [5.74, 6) is 0.401. The van der Waals surface area contributed by atoms with Gasteiger partial charge in [-0.15, -0.1) is 0 Å². The van der Waals surface area contributed by atoms with Crippen molar-refractivity contribution < 1.29 is 4.74 Å². The van der Waals surface area contributed by atoms with Crippen LogP contribution in [0.4, 0.5) is 0 Å². The molecular formula is C12H17NO. The van der Waals surface area contributed by atoms with Crippen LogP contribution in [0.1, 0.15) is 29.7 Å². The van der Waals surface area contributed by atoms with Gasteiger partial charge in [0.15, 0.2) is 0 Å². The Bertz CT molecular complexity index is 335. The first-order valence-electron chi connectivity index (χ1n) is 5.11. The molecule has 2 rings (SSSR count). The Morgan fingerprint density at radius 1 is 1.43 bits per heavy atom. The number of hydrogen-bond acceptors (Lipinski definition) is 2. The van der Waals surface area contributed by atoms with E-state index in [4.69, 9.17) is 10.5 Å². The first-order valence-corrected chi connectivity index (χ1v) is 5.11. The maximum atomic E-state index is 6.18. The van der Waals surface area contributed by atoms with Gasteiger partial charge in [0, 0.05) is 6.04 Å². The van der Waals surface area contributed by atoms with Crippen molar-refractivity contribution in [1.82, 2.24) is 0 Å². The monoisotopic (exact) mass is 191 g/mol. The van der Waals surface area contributed by atoms with Crippen molar-refractivity contribution in [2.75, 3.05) is 6.61 Å². The Balaban J connectivity index is 2.44. The highest BCUT2D eigenvalue weighted by Gasteiger charge is 2.21. The predicted molar refractivity (Wildman–Crippen MR) is 56.9 cm³/mol. The normalized spacial score (nSPS) is 26.8. The molecule has 2 heteroatoms. The fraction of sp³-hybridized carbons (Fsp3) is 0.500. The molecule has 76 valence electrons. The molecule has 0 fully saturated rings. The molecule has 1 aromatic rings. The molecule has 2 N–H and O–H groups in total. The average Bonchev–Trinajstić information content (AvgIpc) is 2.30. The molecule has 2 nitrogen and oxygen atoms in total. The molecule has 0 aliphatic carbocycles. The number of aryl methyl sites for hydroxylation is 1. The Morgan fingerprint density at radius 3 is 3.00 bits per heavy atom. The molecule has 0 radical (unpaired) electrons. The highest BCUT2D eigenvalue weighted by atomic mass is 16.5. The third kappa shape index (κ3) is 1.68. The smallest absolute Gasteiger partial charge is 0.0720 e. The fourth-order valence-electron chi connectivity index (χ4n) is 1.92. The van der Waals surface area contributed by atoms with E-state index in [1.165, 1.54) is 16.7 Å². The zero-order valence-corrected chi connectivity index (χ0v) is 8.79. The quantitative estimate of drug-likeness (QED) is 0.682. The van der Waals surface area contributed by atoms with Crippen molar-refractivity contribution >= 4 is 0 Å². The Hall–Kier alpha value is -0.860. The minimum absolute atomic E-state index is 0.118. The first kappa shape index (κ1) is 9.69. The molecule has 1 heterocycles. The average molecular weight is 191 g/mol. The molecule has 0 amide bonds. The summed E-state index contributed by atoms with van der Waals surface area (Å²) in [5, 5.41) is 0. The van der Waals surface area contributed by atoms with Gasteiger partial charge < -0.3 is 10.5 Å². The zero-order chi connectivity index (χ0) is 10.1. The van der Waals surface area contributed by atoms with E-state index >= 15 is 0 Å². The van der Waals surface area contributed by atoms with Gasteiger partial charge in [-0.05, 0) is 24.0 Å². The van der Waals surface area contributed by atoms with Crippen LogP contribution in [0.25, 0.3) is 0 Å². The Kier molecular flexibility index (Phi) is 2.57. The number of benzene rings is 1. The molecule has 1 aromatic carbocycles. The lowest BCUT2D eigenvalue weighted by molar-refractivity contribution is 0.0941. The second-order valence-electron chi connectivity index (χ2n) is 4.22. The topological polar surface area (TPSA) is 35.2 Å². The van der Waals surface area contributed by atoms with Crippen LogP contribution in [0.2, 0.25) is 0 Å². The van der Waals surface area contributed by atoms with Gasteiger partial charge in [0.1, 0.15) is 0 Å². The molecule has 2 atom stereocenters. The summed E-state index contributed by atoms with van der Waals surface area (Å²) in [6.45, 7) is 5.70. The molecule has 1 aliphatic rings. The van der Waals surface area contributed by atoms with E-state index in [0.29, 0.717) is 12.5 Å². The molecule has 1 unspecified atom stereocenters. The van der Waals surface area contributed by atoms with Crippen molar-refractivity contribution in [2.24, 2.45) is 11.7 Å². The lowest BCUT2D eigenvalue weighted by Crippen LogP contribution is -2.21. The second-order valence-corrected chi connectivity index (χ2v) is 4.22. The van der Waals surface area contributed by atoms with Gasteiger partial charge in [0.25, 0.3) is 0 Å². The molecule has 0 saturated carbocycles. The van der Waals surface area contributed by atoms with Crippen LogP contribution < -0.4 is 5.73 Å². The van der Waals surface area contributed by atoms with Gasteiger partial charge in [-0.25, -0.2) is 0 Å². The number of fused-ring (bicyclic) bond motifs is 1. The van der Waals surface area contributed by atoms with Gasteiger partial charge in [-0.3, -0.25) is 0 Å². The van der Waals surface area contributed by atoms with E-state index in [0.717, 1.165) is 6.61 Å². The highest BCUT2D eigenvalue weighted by molar-refractivity contribution is 5.34. The van der Waals surface area contributed by atoms with E-state index in [9.17, 15) is 0 Å². The molecule has 1 aliphatic heterocycles. The van der Waals surface area contributed by atoms with E-state index in [-0.39, 0.29) is 6.04 Å². The predicted octanol–water partition coefficient (Wildman–Crippen LogP) is 2.16. The minimum atomic E-state index is 0.118. The van der Waals surface area contributed by atoms with Crippen LogP contribution in [-0.4, -0.2) is 6.61 Å². The Labute approximate surface area is 85.1 Å².